The van der Waals surface area contributed by atoms with Crippen molar-refractivity contribution < 1.29 is 4.39 Å². The van der Waals surface area contributed by atoms with Gasteiger partial charge in [-0.2, -0.15) is 0 Å². The molecule has 0 aliphatic heterocycles. The van der Waals surface area contributed by atoms with Gasteiger partial charge in [0, 0.05) is 39.4 Å². The Hall–Kier alpha value is -2.56. The van der Waals surface area contributed by atoms with Crippen LogP contribution in [0.15, 0.2) is 59.6 Å². The second kappa shape index (κ2) is 8.78. The molecule has 0 fully saturated rings. The van der Waals surface area contributed by atoms with Crippen LogP contribution in [0.5, 0.6) is 0 Å². The maximum Gasteiger partial charge on any atom is 0.191 e. The molecule has 0 aliphatic carbocycles. The minimum absolute atomic E-state index is 0.222. The zero-order valence-electron chi connectivity index (χ0n) is 13.6. The molecule has 0 amide bonds. The number of halogens is 1. The van der Waals surface area contributed by atoms with Gasteiger partial charge in [-0.15, -0.1) is 0 Å². The van der Waals surface area contributed by atoms with Crippen molar-refractivity contribution in [2.45, 2.75) is 6.54 Å². The molecule has 0 spiro atoms. The van der Waals surface area contributed by atoms with Crippen LogP contribution < -0.4 is 15.5 Å². The number of para-hydroxylation sites is 1. The number of aliphatic imine (C=N–C) groups is 1. The Morgan fingerprint density at radius 3 is 2.39 bits per heavy atom. The van der Waals surface area contributed by atoms with Gasteiger partial charge in [0.25, 0.3) is 0 Å². The predicted octanol–water partition coefficient (Wildman–Crippen LogP) is 2.63. The first-order valence-corrected chi connectivity index (χ1v) is 7.64. The summed E-state index contributed by atoms with van der Waals surface area (Å²) in [6, 6.07) is 16.7. The average molecular weight is 314 g/mol. The topological polar surface area (TPSA) is 39.7 Å². The Kier molecular flexibility index (Phi) is 6.41. The highest BCUT2D eigenvalue weighted by molar-refractivity contribution is 5.79. The summed E-state index contributed by atoms with van der Waals surface area (Å²) in [6.07, 6.45) is 0. The summed E-state index contributed by atoms with van der Waals surface area (Å²) in [5.41, 5.74) is 2.19. The first kappa shape index (κ1) is 16.8. The number of hydrogen-bond acceptors (Lipinski definition) is 2. The zero-order chi connectivity index (χ0) is 16.5. The van der Waals surface area contributed by atoms with E-state index in [9.17, 15) is 4.39 Å². The monoisotopic (exact) mass is 314 g/mol. The SMILES string of the molecule is CN=C(NCCN(C)c1ccccc1)NCc1ccc(F)cc1. The van der Waals surface area contributed by atoms with E-state index < -0.39 is 0 Å². The van der Waals surface area contributed by atoms with Crippen molar-refractivity contribution in [1.29, 1.82) is 0 Å². The van der Waals surface area contributed by atoms with Crippen LogP contribution in [0.3, 0.4) is 0 Å². The highest BCUT2D eigenvalue weighted by atomic mass is 19.1. The van der Waals surface area contributed by atoms with E-state index in [1.165, 1.54) is 17.8 Å². The lowest BCUT2D eigenvalue weighted by atomic mass is 10.2. The van der Waals surface area contributed by atoms with Crippen molar-refractivity contribution in [3.8, 4) is 0 Å². The van der Waals surface area contributed by atoms with E-state index >= 15 is 0 Å². The third kappa shape index (κ3) is 5.62. The van der Waals surface area contributed by atoms with Crippen molar-refractivity contribution in [3.63, 3.8) is 0 Å². The van der Waals surface area contributed by atoms with Crippen LogP contribution in [-0.2, 0) is 6.54 Å². The quantitative estimate of drug-likeness (QED) is 0.636. The summed E-state index contributed by atoms with van der Waals surface area (Å²) in [6.45, 7) is 2.24. The molecule has 0 heterocycles. The number of guanidine groups is 1. The fourth-order valence-electron chi connectivity index (χ4n) is 2.16. The minimum Gasteiger partial charge on any atom is -0.373 e. The highest BCUT2D eigenvalue weighted by Gasteiger charge is 2.01. The van der Waals surface area contributed by atoms with Gasteiger partial charge in [0.05, 0.1) is 0 Å². The molecule has 5 heteroatoms. The molecule has 23 heavy (non-hydrogen) atoms. The van der Waals surface area contributed by atoms with E-state index in [1.807, 2.05) is 18.2 Å². The van der Waals surface area contributed by atoms with Crippen LogP contribution >= 0.6 is 0 Å². The molecule has 0 radical (unpaired) electrons. The van der Waals surface area contributed by atoms with Gasteiger partial charge in [0.2, 0.25) is 0 Å². The number of nitrogens with one attached hydrogen (secondary N) is 2. The largest absolute Gasteiger partial charge is 0.373 e. The lowest BCUT2D eigenvalue weighted by Gasteiger charge is -2.20. The average Bonchev–Trinajstić information content (AvgIpc) is 2.60. The second-order valence-corrected chi connectivity index (χ2v) is 5.24. The highest BCUT2D eigenvalue weighted by Crippen LogP contribution is 2.09. The van der Waals surface area contributed by atoms with E-state index in [0.717, 1.165) is 24.6 Å². The minimum atomic E-state index is -0.222. The maximum absolute atomic E-state index is 12.9. The molecule has 122 valence electrons. The van der Waals surface area contributed by atoms with E-state index in [4.69, 9.17) is 0 Å². The van der Waals surface area contributed by atoms with Crippen LogP contribution in [-0.4, -0.2) is 33.1 Å². The second-order valence-electron chi connectivity index (χ2n) is 5.24. The molecule has 0 unspecified atom stereocenters. The Labute approximate surface area is 137 Å². The molecule has 0 saturated carbocycles. The van der Waals surface area contributed by atoms with Gasteiger partial charge in [0.15, 0.2) is 5.96 Å². The van der Waals surface area contributed by atoms with E-state index in [1.54, 1.807) is 19.2 Å². The van der Waals surface area contributed by atoms with E-state index in [2.05, 4.69) is 39.7 Å². The van der Waals surface area contributed by atoms with Crippen LogP contribution in [0.1, 0.15) is 5.56 Å². The van der Waals surface area contributed by atoms with Crippen LogP contribution in [0.25, 0.3) is 0 Å². The summed E-state index contributed by atoms with van der Waals surface area (Å²) in [4.78, 5) is 6.37. The maximum atomic E-state index is 12.9. The van der Waals surface area contributed by atoms with Crippen LogP contribution in [0, 0.1) is 5.82 Å². The summed E-state index contributed by atoms with van der Waals surface area (Å²) in [7, 11) is 3.80. The van der Waals surface area contributed by atoms with Gasteiger partial charge in [-0.25, -0.2) is 4.39 Å². The van der Waals surface area contributed by atoms with E-state index in [0.29, 0.717) is 6.54 Å². The van der Waals surface area contributed by atoms with Crippen molar-refractivity contribution in [3.05, 3.63) is 66.0 Å². The van der Waals surface area contributed by atoms with Crippen molar-refractivity contribution in [2.24, 2.45) is 4.99 Å². The number of rotatable bonds is 6. The normalized spacial score (nSPS) is 11.2. The van der Waals surface area contributed by atoms with Gasteiger partial charge >= 0.3 is 0 Å². The lowest BCUT2D eigenvalue weighted by Crippen LogP contribution is -2.40. The lowest BCUT2D eigenvalue weighted by molar-refractivity contribution is 0.626. The number of nitrogens with zero attached hydrogens (tertiary/aromatic N) is 2. The standard InChI is InChI=1S/C18H23FN4/c1-20-18(22-14-15-8-10-16(19)11-9-15)21-12-13-23(2)17-6-4-3-5-7-17/h3-11H,12-14H2,1-2H3,(H2,20,21,22). The summed E-state index contributed by atoms with van der Waals surface area (Å²) >= 11 is 0. The number of anilines is 1. The van der Waals surface area contributed by atoms with Crippen molar-refractivity contribution in [1.82, 2.24) is 10.6 Å². The van der Waals surface area contributed by atoms with Crippen LogP contribution in [0.4, 0.5) is 10.1 Å². The molecule has 2 aromatic carbocycles. The zero-order valence-corrected chi connectivity index (χ0v) is 13.6. The molecule has 0 bridgehead atoms. The van der Waals surface area contributed by atoms with Gasteiger partial charge in [-0.1, -0.05) is 30.3 Å². The predicted molar refractivity (Wildman–Crippen MR) is 94.3 cm³/mol. The molecule has 0 aromatic heterocycles. The first-order chi connectivity index (χ1) is 11.2. The number of hydrogen-bond donors (Lipinski definition) is 2. The summed E-state index contributed by atoms with van der Waals surface area (Å²) in [5.74, 6) is 0.510. The van der Waals surface area contributed by atoms with Crippen molar-refractivity contribution in [2.75, 3.05) is 32.1 Å². The van der Waals surface area contributed by atoms with Gasteiger partial charge in [-0.05, 0) is 29.8 Å². The Morgan fingerprint density at radius 1 is 1.04 bits per heavy atom. The third-order valence-electron chi connectivity index (χ3n) is 3.53. The summed E-state index contributed by atoms with van der Waals surface area (Å²) < 4.78 is 12.9. The molecular weight excluding hydrogens is 291 g/mol. The molecular formula is C18H23FN4. The molecule has 4 nitrogen and oxygen atoms in total. The van der Waals surface area contributed by atoms with Crippen molar-refractivity contribution >= 4 is 11.6 Å². The molecule has 0 aliphatic rings. The number of likely N-dealkylation sites (N-methyl/N-ethyl adjacent to an activating group) is 1. The Bertz CT molecular complexity index is 611. The van der Waals surface area contributed by atoms with Gasteiger partial charge < -0.3 is 15.5 Å². The Morgan fingerprint density at radius 2 is 1.74 bits per heavy atom. The number of benzene rings is 2. The van der Waals surface area contributed by atoms with E-state index in [-0.39, 0.29) is 5.82 Å². The molecule has 2 aromatic rings. The fraction of sp³-hybridized carbons (Fsp3) is 0.278. The fourth-order valence-corrected chi connectivity index (χ4v) is 2.16. The molecule has 0 saturated heterocycles. The third-order valence-corrected chi connectivity index (χ3v) is 3.53. The molecule has 2 N–H and O–H groups in total. The summed E-state index contributed by atoms with van der Waals surface area (Å²) in [5, 5.41) is 6.49. The van der Waals surface area contributed by atoms with Gasteiger partial charge in [-0.3, -0.25) is 4.99 Å². The smallest absolute Gasteiger partial charge is 0.191 e. The first-order valence-electron chi connectivity index (χ1n) is 7.64. The van der Waals surface area contributed by atoms with Gasteiger partial charge in [0.1, 0.15) is 5.82 Å². The molecule has 2 rings (SSSR count). The van der Waals surface area contributed by atoms with Crippen LogP contribution in [0.2, 0.25) is 0 Å². The molecule has 0 atom stereocenters. The Balaban J connectivity index is 1.74.